The minimum atomic E-state index is -1.10. The Morgan fingerprint density at radius 3 is 2.38 bits per heavy atom. The standard InChI is InChI=1S/C22H22F2N4O4/c1-32-12-6-11-27(21(30)17-15(23)9-5-10-16(17)24)18-19(25)28(22(31)26-20(18)29)13-14-7-3-2-4-8-14/h2-5,7-10H,6,11-13,25H2,1H3,(H,26,29,31). The molecule has 3 N–H and O–H groups in total. The van der Waals surface area contributed by atoms with Crippen LogP contribution in [0.1, 0.15) is 22.3 Å². The number of methoxy groups -OCH3 is 1. The monoisotopic (exact) mass is 444 g/mol. The van der Waals surface area contributed by atoms with Crippen molar-refractivity contribution >= 4 is 17.4 Å². The summed E-state index contributed by atoms with van der Waals surface area (Å²) in [6.45, 7) is 0.103. The molecule has 2 aromatic carbocycles. The molecule has 0 saturated carbocycles. The predicted octanol–water partition coefficient (Wildman–Crippen LogP) is 2.13. The number of benzene rings is 2. The fourth-order valence-corrected chi connectivity index (χ4v) is 3.28. The average Bonchev–Trinajstić information content (AvgIpc) is 2.76. The fraction of sp³-hybridized carbons (Fsp3) is 0.227. The number of amides is 1. The van der Waals surface area contributed by atoms with Gasteiger partial charge in [-0.05, 0) is 24.1 Å². The first-order valence-electron chi connectivity index (χ1n) is 9.76. The molecule has 168 valence electrons. The summed E-state index contributed by atoms with van der Waals surface area (Å²) in [7, 11) is 1.45. The van der Waals surface area contributed by atoms with Crippen LogP contribution in [0.2, 0.25) is 0 Å². The first-order valence-corrected chi connectivity index (χ1v) is 9.76. The van der Waals surface area contributed by atoms with Crippen molar-refractivity contribution in [3.05, 3.63) is 92.1 Å². The van der Waals surface area contributed by atoms with Crippen molar-refractivity contribution in [2.75, 3.05) is 30.9 Å². The van der Waals surface area contributed by atoms with Crippen molar-refractivity contribution in [2.24, 2.45) is 0 Å². The minimum absolute atomic E-state index is 0.0173. The van der Waals surface area contributed by atoms with Gasteiger partial charge in [0, 0.05) is 20.3 Å². The van der Waals surface area contributed by atoms with Crippen LogP contribution in [0.4, 0.5) is 20.3 Å². The molecule has 3 rings (SSSR count). The highest BCUT2D eigenvalue weighted by Crippen LogP contribution is 2.23. The lowest BCUT2D eigenvalue weighted by Gasteiger charge is -2.25. The van der Waals surface area contributed by atoms with E-state index in [9.17, 15) is 23.2 Å². The highest BCUT2D eigenvalue weighted by molar-refractivity contribution is 6.07. The number of carbonyl (C=O) groups excluding carboxylic acids is 1. The van der Waals surface area contributed by atoms with E-state index in [-0.39, 0.29) is 37.6 Å². The summed E-state index contributed by atoms with van der Waals surface area (Å²) < 4.78 is 34.7. The number of carbonyl (C=O) groups is 1. The molecule has 1 aromatic heterocycles. The second-order valence-corrected chi connectivity index (χ2v) is 6.96. The molecule has 0 fully saturated rings. The van der Waals surface area contributed by atoms with Crippen LogP contribution in [0.25, 0.3) is 0 Å². The SMILES string of the molecule is COCCCN(C(=O)c1c(F)cccc1F)c1c(N)n(Cc2ccccc2)c(=O)[nH]c1=O. The molecule has 0 atom stereocenters. The van der Waals surface area contributed by atoms with Crippen LogP contribution >= 0.6 is 0 Å². The number of ether oxygens (including phenoxy) is 1. The lowest BCUT2D eigenvalue weighted by Crippen LogP contribution is -2.42. The minimum Gasteiger partial charge on any atom is -0.385 e. The van der Waals surface area contributed by atoms with Crippen molar-refractivity contribution in [2.45, 2.75) is 13.0 Å². The number of H-pyrrole nitrogens is 1. The molecule has 0 radical (unpaired) electrons. The van der Waals surface area contributed by atoms with Gasteiger partial charge in [-0.25, -0.2) is 13.6 Å². The topological polar surface area (TPSA) is 110 Å². The number of hydrogen-bond acceptors (Lipinski definition) is 5. The maximum absolute atomic E-state index is 14.3. The summed E-state index contributed by atoms with van der Waals surface area (Å²) in [6, 6.07) is 11.8. The Morgan fingerprint density at radius 1 is 1.09 bits per heavy atom. The Balaban J connectivity index is 2.14. The van der Waals surface area contributed by atoms with Crippen molar-refractivity contribution in [1.29, 1.82) is 0 Å². The fourth-order valence-electron chi connectivity index (χ4n) is 3.28. The Labute approximate surface area is 181 Å². The third-order valence-electron chi connectivity index (χ3n) is 4.82. The van der Waals surface area contributed by atoms with E-state index < -0.39 is 34.4 Å². The molecule has 0 spiro atoms. The first kappa shape index (κ1) is 22.9. The van der Waals surface area contributed by atoms with E-state index in [1.165, 1.54) is 7.11 Å². The number of aromatic amines is 1. The van der Waals surface area contributed by atoms with E-state index in [0.29, 0.717) is 0 Å². The third-order valence-corrected chi connectivity index (χ3v) is 4.82. The molecule has 0 aliphatic heterocycles. The van der Waals surface area contributed by atoms with Crippen molar-refractivity contribution in [3.63, 3.8) is 0 Å². The first-order chi connectivity index (χ1) is 15.3. The summed E-state index contributed by atoms with van der Waals surface area (Å²) in [6.07, 6.45) is 0.245. The van der Waals surface area contributed by atoms with Gasteiger partial charge in [0.25, 0.3) is 11.5 Å². The molecule has 0 saturated heterocycles. The molecule has 0 aliphatic carbocycles. The smallest absolute Gasteiger partial charge is 0.330 e. The van der Waals surface area contributed by atoms with Crippen LogP contribution in [0, 0.1) is 11.6 Å². The molecular weight excluding hydrogens is 422 g/mol. The van der Waals surface area contributed by atoms with Gasteiger partial charge in [-0.1, -0.05) is 36.4 Å². The van der Waals surface area contributed by atoms with E-state index >= 15 is 0 Å². The number of nitrogens with two attached hydrogens (primary N) is 1. The van der Waals surface area contributed by atoms with Gasteiger partial charge in [0.15, 0.2) is 5.69 Å². The summed E-state index contributed by atoms with van der Waals surface area (Å²) in [5.41, 5.74) is 3.96. The second kappa shape index (κ2) is 10.0. The second-order valence-electron chi connectivity index (χ2n) is 6.96. The van der Waals surface area contributed by atoms with Gasteiger partial charge in [-0.3, -0.25) is 19.1 Å². The van der Waals surface area contributed by atoms with Crippen LogP contribution in [-0.2, 0) is 11.3 Å². The molecule has 1 amide bonds. The van der Waals surface area contributed by atoms with Gasteiger partial charge >= 0.3 is 5.69 Å². The number of anilines is 2. The van der Waals surface area contributed by atoms with Crippen LogP contribution < -0.4 is 21.9 Å². The van der Waals surface area contributed by atoms with Crippen molar-refractivity contribution in [3.8, 4) is 0 Å². The lowest BCUT2D eigenvalue weighted by atomic mass is 10.1. The molecule has 8 nitrogen and oxygen atoms in total. The number of nitrogens with zero attached hydrogens (tertiary/aromatic N) is 2. The highest BCUT2D eigenvalue weighted by Gasteiger charge is 2.29. The van der Waals surface area contributed by atoms with Crippen LogP contribution in [0.3, 0.4) is 0 Å². The third kappa shape index (κ3) is 4.75. The maximum Gasteiger partial charge on any atom is 0.330 e. The molecule has 3 aromatic rings. The summed E-state index contributed by atoms with van der Waals surface area (Å²) >= 11 is 0. The summed E-state index contributed by atoms with van der Waals surface area (Å²) in [4.78, 5) is 41.3. The van der Waals surface area contributed by atoms with Crippen LogP contribution in [-0.4, -0.2) is 35.7 Å². The number of nitrogen functional groups attached to an aromatic ring is 1. The largest absolute Gasteiger partial charge is 0.385 e. The van der Waals surface area contributed by atoms with Gasteiger partial charge < -0.3 is 15.4 Å². The van der Waals surface area contributed by atoms with Gasteiger partial charge in [-0.15, -0.1) is 0 Å². The number of hydrogen-bond donors (Lipinski definition) is 2. The number of rotatable bonds is 8. The molecule has 0 unspecified atom stereocenters. The Bertz CT molecular complexity index is 1200. The normalized spacial score (nSPS) is 10.8. The van der Waals surface area contributed by atoms with E-state index in [4.69, 9.17) is 10.5 Å². The Kier molecular flexibility index (Phi) is 7.16. The van der Waals surface area contributed by atoms with E-state index in [1.807, 2.05) is 0 Å². The van der Waals surface area contributed by atoms with Gasteiger partial charge in [0.2, 0.25) is 0 Å². The van der Waals surface area contributed by atoms with E-state index in [2.05, 4.69) is 4.98 Å². The molecule has 10 heteroatoms. The zero-order valence-corrected chi connectivity index (χ0v) is 17.3. The highest BCUT2D eigenvalue weighted by atomic mass is 19.1. The molecule has 0 bridgehead atoms. The van der Waals surface area contributed by atoms with Gasteiger partial charge in [0.05, 0.1) is 6.54 Å². The molecule has 32 heavy (non-hydrogen) atoms. The molecule has 0 aliphatic rings. The van der Waals surface area contributed by atoms with E-state index in [1.54, 1.807) is 30.3 Å². The summed E-state index contributed by atoms with van der Waals surface area (Å²) in [5, 5.41) is 0. The zero-order valence-electron chi connectivity index (χ0n) is 17.3. The van der Waals surface area contributed by atoms with Crippen molar-refractivity contribution in [1.82, 2.24) is 9.55 Å². The van der Waals surface area contributed by atoms with Crippen LogP contribution in [0.15, 0.2) is 58.1 Å². The number of aromatic nitrogens is 2. The predicted molar refractivity (Wildman–Crippen MR) is 116 cm³/mol. The van der Waals surface area contributed by atoms with Gasteiger partial charge in [0.1, 0.15) is 23.0 Å². The number of halogens is 2. The van der Waals surface area contributed by atoms with Crippen LogP contribution in [0.5, 0.6) is 0 Å². The van der Waals surface area contributed by atoms with E-state index in [0.717, 1.165) is 33.2 Å². The Morgan fingerprint density at radius 2 is 1.75 bits per heavy atom. The lowest BCUT2D eigenvalue weighted by molar-refractivity contribution is 0.0975. The maximum atomic E-state index is 14.3. The quantitative estimate of drug-likeness (QED) is 0.517. The molecular formula is C22H22F2N4O4. The zero-order chi connectivity index (χ0) is 23.3. The Hall–Kier alpha value is -3.79. The van der Waals surface area contributed by atoms with Crippen molar-refractivity contribution < 1.29 is 18.3 Å². The average molecular weight is 444 g/mol. The van der Waals surface area contributed by atoms with Gasteiger partial charge in [-0.2, -0.15) is 0 Å². The summed E-state index contributed by atoms with van der Waals surface area (Å²) in [5.74, 6) is -3.57. The molecule has 1 heterocycles. The number of nitrogens with one attached hydrogen (secondary N) is 1.